The number of rotatable bonds is 9. The summed E-state index contributed by atoms with van der Waals surface area (Å²) in [6.07, 6.45) is 2.29. The molecule has 0 radical (unpaired) electrons. The highest BCUT2D eigenvalue weighted by molar-refractivity contribution is 6.32. The zero-order chi connectivity index (χ0) is 17.4. The lowest BCUT2D eigenvalue weighted by Crippen LogP contribution is -2.14. The fraction of sp³-hybridized carbons (Fsp3) is 0.368. The molecule has 0 saturated carbocycles. The maximum atomic E-state index is 13.7. The van der Waals surface area contributed by atoms with Crippen LogP contribution < -0.4 is 14.8 Å². The number of unbranched alkanes of at least 4 members (excludes halogenated alkanes) is 1. The van der Waals surface area contributed by atoms with Gasteiger partial charge in [-0.05, 0) is 36.7 Å². The smallest absolute Gasteiger partial charge is 0.180 e. The lowest BCUT2D eigenvalue weighted by molar-refractivity contribution is 0.279. The summed E-state index contributed by atoms with van der Waals surface area (Å²) in [5.74, 6) is 0.676. The Balaban J connectivity index is 0.00000312. The zero-order valence-electron chi connectivity index (χ0n) is 14.5. The molecule has 0 atom stereocenters. The summed E-state index contributed by atoms with van der Waals surface area (Å²) < 4.78 is 24.8. The van der Waals surface area contributed by atoms with Gasteiger partial charge in [0.2, 0.25) is 0 Å². The lowest BCUT2D eigenvalue weighted by Gasteiger charge is -2.15. The molecule has 0 aliphatic carbocycles. The predicted molar refractivity (Wildman–Crippen MR) is 103 cm³/mol. The fourth-order valence-corrected chi connectivity index (χ4v) is 2.60. The third kappa shape index (κ3) is 6.38. The van der Waals surface area contributed by atoms with Crippen molar-refractivity contribution in [2.45, 2.75) is 32.9 Å². The molecule has 0 saturated heterocycles. The van der Waals surface area contributed by atoms with Gasteiger partial charge in [0.25, 0.3) is 0 Å². The van der Waals surface area contributed by atoms with Gasteiger partial charge in [0, 0.05) is 12.1 Å². The normalized spacial score (nSPS) is 10.2. The van der Waals surface area contributed by atoms with Gasteiger partial charge in [0.15, 0.2) is 11.5 Å². The highest BCUT2D eigenvalue weighted by Gasteiger charge is 2.13. The molecule has 2 aromatic rings. The Morgan fingerprint density at radius 1 is 1.20 bits per heavy atom. The van der Waals surface area contributed by atoms with E-state index in [2.05, 4.69) is 12.2 Å². The molecule has 0 spiro atoms. The van der Waals surface area contributed by atoms with E-state index in [-0.39, 0.29) is 24.8 Å². The van der Waals surface area contributed by atoms with Crippen LogP contribution in [0.5, 0.6) is 11.5 Å². The Bertz CT molecular complexity index is 668. The maximum Gasteiger partial charge on any atom is 0.180 e. The average molecular weight is 388 g/mol. The molecule has 0 unspecified atom stereocenters. The van der Waals surface area contributed by atoms with Crippen LogP contribution in [0.1, 0.15) is 30.9 Å². The maximum absolute atomic E-state index is 13.7. The van der Waals surface area contributed by atoms with Crippen LogP contribution in [-0.2, 0) is 13.2 Å². The van der Waals surface area contributed by atoms with E-state index in [4.69, 9.17) is 21.1 Å². The van der Waals surface area contributed by atoms with Crippen molar-refractivity contribution < 1.29 is 13.9 Å². The van der Waals surface area contributed by atoms with Gasteiger partial charge in [0.05, 0.1) is 12.1 Å². The minimum Gasteiger partial charge on any atom is -0.493 e. The van der Waals surface area contributed by atoms with Gasteiger partial charge in [-0.2, -0.15) is 0 Å². The molecule has 0 bridgehead atoms. The van der Waals surface area contributed by atoms with Crippen molar-refractivity contribution in [3.8, 4) is 11.5 Å². The summed E-state index contributed by atoms with van der Waals surface area (Å²) >= 11 is 6.33. The van der Waals surface area contributed by atoms with Crippen molar-refractivity contribution in [3.63, 3.8) is 0 Å². The summed E-state index contributed by atoms with van der Waals surface area (Å²) in [4.78, 5) is 0. The highest BCUT2D eigenvalue weighted by Crippen LogP contribution is 2.37. The second-order valence-corrected chi connectivity index (χ2v) is 5.93. The zero-order valence-corrected chi connectivity index (χ0v) is 16.1. The molecule has 2 rings (SSSR count). The predicted octanol–water partition coefficient (Wildman–Crippen LogP) is 5.38. The van der Waals surface area contributed by atoms with Gasteiger partial charge in [-0.1, -0.05) is 43.1 Å². The molecule has 0 heterocycles. The van der Waals surface area contributed by atoms with E-state index < -0.39 is 0 Å². The van der Waals surface area contributed by atoms with Crippen molar-refractivity contribution in [3.05, 3.63) is 58.4 Å². The van der Waals surface area contributed by atoms with Gasteiger partial charge >= 0.3 is 0 Å². The first-order valence-electron chi connectivity index (χ1n) is 8.09. The van der Waals surface area contributed by atoms with Crippen LogP contribution in [0.25, 0.3) is 0 Å². The number of ether oxygens (including phenoxy) is 2. The number of hydrogen-bond acceptors (Lipinski definition) is 3. The number of methoxy groups -OCH3 is 1. The van der Waals surface area contributed by atoms with Gasteiger partial charge < -0.3 is 14.8 Å². The highest BCUT2D eigenvalue weighted by atomic mass is 35.5. The number of benzene rings is 2. The van der Waals surface area contributed by atoms with Crippen LogP contribution in [0.2, 0.25) is 5.02 Å². The summed E-state index contributed by atoms with van der Waals surface area (Å²) in [5.41, 5.74) is 1.49. The molecule has 138 valence electrons. The van der Waals surface area contributed by atoms with E-state index in [0.29, 0.717) is 28.6 Å². The SMILES string of the molecule is CCCCNCc1cc(Cl)c(OCc2ccccc2F)c(OC)c1.Cl. The summed E-state index contributed by atoms with van der Waals surface area (Å²) in [6, 6.07) is 10.2. The molecular formula is C19H24Cl2FNO2. The van der Waals surface area contributed by atoms with E-state index >= 15 is 0 Å². The van der Waals surface area contributed by atoms with E-state index in [1.54, 1.807) is 25.3 Å². The van der Waals surface area contributed by atoms with Gasteiger partial charge in [0.1, 0.15) is 12.4 Å². The Labute approximate surface area is 159 Å². The van der Waals surface area contributed by atoms with Gasteiger partial charge in [-0.3, -0.25) is 0 Å². The monoisotopic (exact) mass is 387 g/mol. The summed E-state index contributed by atoms with van der Waals surface area (Å²) in [6.45, 7) is 3.92. The molecular weight excluding hydrogens is 364 g/mol. The van der Waals surface area contributed by atoms with Gasteiger partial charge in [-0.25, -0.2) is 4.39 Å². The lowest BCUT2D eigenvalue weighted by atomic mass is 10.2. The largest absolute Gasteiger partial charge is 0.493 e. The first-order valence-corrected chi connectivity index (χ1v) is 8.46. The molecule has 2 aromatic carbocycles. The molecule has 0 aliphatic rings. The van der Waals surface area contributed by atoms with Crippen LogP contribution in [0.4, 0.5) is 4.39 Å². The summed E-state index contributed by atoms with van der Waals surface area (Å²) in [7, 11) is 1.57. The van der Waals surface area contributed by atoms with Crippen LogP contribution in [0.15, 0.2) is 36.4 Å². The summed E-state index contributed by atoms with van der Waals surface area (Å²) in [5, 5.41) is 3.82. The van der Waals surface area contributed by atoms with Crippen molar-refractivity contribution in [2.75, 3.05) is 13.7 Å². The van der Waals surface area contributed by atoms with E-state index in [9.17, 15) is 4.39 Å². The van der Waals surface area contributed by atoms with E-state index in [0.717, 1.165) is 24.9 Å². The third-order valence-corrected chi connectivity index (χ3v) is 3.94. The second kappa shape index (κ2) is 11.2. The van der Waals surface area contributed by atoms with Crippen molar-refractivity contribution in [2.24, 2.45) is 0 Å². The van der Waals surface area contributed by atoms with Crippen molar-refractivity contribution >= 4 is 24.0 Å². The molecule has 1 N–H and O–H groups in total. The quantitative estimate of drug-likeness (QED) is 0.585. The average Bonchev–Trinajstić information content (AvgIpc) is 2.58. The number of halogens is 3. The van der Waals surface area contributed by atoms with Crippen LogP contribution in [0, 0.1) is 5.82 Å². The minimum atomic E-state index is -0.302. The number of nitrogens with one attached hydrogen (secondary N) is 1. The minimum absolute atomic E-state index is 0. The molecule has 0 amide bonds. The Morgan fingerprint density at radius 2 is 1.96 bits per heavy atom. The van der Waals surface area contributed by atoms with Crippen molar-refractivity contribution in [1.29, 1.82) is 0 Å². The Kier molecular flexibility index (Phi) is 9.65. The number of hydrogen-bond donors (Lipinski definition) is 1. The molecule has 0 aromatic heterocycles. The van der Waals surface area contributed by atoms with E-state index in [1.165, 1.54) is 6.07 Å². The molecule has 25 heavy (non-hydrogen) atoms. The first-order chi connectivity index (χ1) is 11.7. The molecule has 0 aliphatic heterocycles. The first kappa shape index (κ1) is 21.6. The van der Waals surface area contributed by atoms with Crippen LogP contribution in [0.3, 0.4) is 0 Å². The Morgan fingerprint density at radius 3 is 2.64 bits per heavy atom. The fourth-order valence-electron chi connectivity index (χ4n) is 2.32. The molecule has 6 heteroatoms. The van der Waals surface area contributed by atoms with Crippen molar-refractivity contribution in [1.82, 2.24) is 5.32 Å². The van der Waals surface area contributed by atoms with E-state index in [1.807, 2.05) is 12.1 Å². The third-order valence-electron chi connectivity index (χ3n) is 3.66. The standard InChI is InChI=1S/C19H23ClFNO2.ClH/c1-3-4-9-22-12-14-10-16(20)19(18(11-14)23-2)24-13-15-7-5-6-8-17(15)21;/h5-8,10-11,22H,3-4,9,12-13H2,1-2H3;1H. The topological polar surface area (TPSA) is 30.5 Å². The molecule has 3 nitrogen and oxygen atoms in total. The Hall–Kier alpha value is -1.49. The second-order valence-electron chi connectivity index (χ2n) is 5.52. The van der Waals surface area contributed by atoms with Gasteiger partial charge in [-0.15, -0.1) is 12.4 Å². The van der Waals surface area contributed by atoms with Crippen LogP contribution >= 0.6 is 24.0 Å². The molecule has 0 fully saturated rings. The van der Waals surface area contributed by atoms with Crippen LogP contribution in [-0.4, -0.2) is 13.7 Å².